The Morgan fingerprint density at radius 3 is 2.24 bits per heavy atom. The highest BCUT2D eigenvalue weighted by atomic mass is 35.5. The van der Waals surface area contributed by atoms with Crippen molar-refractivity contribution in [3.63, 3.8) is 0 Å². The molecule has 0 atom stereocenters. The molecule has 1 aromatic heterocycles. The van der Waals surface area contributed by atoms with Gasteiger partial charge in [0.15, 0.2) is 0 Å². The lowest BCUT2D eigenvalue weighted by atomic mass is 10.1. The van der Waals surface area contributed by atoms with Gasteiger partial charge in [-0.15, -0.1) is 0 Å². The first kappa shape index (κ1) is 11.9. The molecule has 0 radical (unpaired) electrons. The van der Waals surface area contributed by atoms with Crippen LogP contribution in [0.3, 0.4) is 0 Å². The zero-order chi connectivity index (χ0) is 12.4. The second-order valence-corrected chi connectivity index (χ2v) is 4.36. The molecule has 3 nitrogen and oxygen atoms in total. The zero-order valence-electron chi connectivity index (χ0n) is 8.65. The topological polar surface area (TPSA) is 56.0 Å². The van der Waals surface area contributed by atoms with Gasteiger partial charge in [-0.1, -0.05) is 23.2 Å². The molecule has 0 saturated carbocycles. The Morgan fingerprint density at radius 1 is 1.00 bits per heavy atom. The maximum absolute atomic E-state index is 11.0. The largest absolute Gasteiger partial charge is 0.366 e. The van der Waals surface area contributed by atoms with E-state index in [1.165, 1.54) is 6.20 Å². The first-order chi connectivity index (χ1) is 8.06. The second kappa shape index (κ2) is 4.73. The Bertz CT molecular complexity index is 564. The summed E-state index contributed by atoms with van der Waals surface area (Å²) in [5, 5.41) is 1.05. The van der Waals surface area contributed by atoms with Crippen LogP contribution in [0.25, 0.3) is 11.1 Å². The lowest BCUT2D eigenvalue weighted by molar-refractivity contribution is 0.1000. The van der Waals surface area contributed by atoms with Crippen molar-refractivity contribution in [2.24, 2.45) is 5.73 Å². The SMILES string of the molecule is NC(=O)c1cncc(-c2cc(Cl)cc(Cl)c2)c1. The van der Waals surface area contributed by atoms with Gasteiger partial charge in [0.1, 0.15) is 0 Å². The van der Waals surface area contributed by atoms with Crippen LogP contribution in [0.1, 0.15) is 10.4 Å². The number of benzene rings is 1. The normalized spacial score (nSPS) is 10.2. The molecular weight excluding hydrogens is 259 g/mol. The number of carbonyl (C=O) groups is 1. The second-order valence-electron chi connectivity index (χ2n) is 3.48. The molecule has 0 fully saturated rings. The van der Waals surface area contributed by atoms with E-state index in [0.717, 1.165) is 11.1 Å². The van der Waals surface area contributed by atoms with Crippen LogP contribution in [0.5, 0.6) is 0 Å². The van der Waals surface area contributed by atoms with E-state index in [4.69, 9.17) is 28.9 Å². The average molecular weight is 267 g/mol. The van der Waals surface area contributed by atoms with Crippen molar-refractivity contribution in [2.75, 3.05) is 0 Å². The minimum atomic E-state index is -0.521. The van der Waals surface area contributed by atoms with E-state index >= 15 is 0 Å². The van der Waals surface area contributed by atoms with Crippen LogP contribution in [-0.4, -0.2) is 10.9 Å². The molecule has 0 aliphatic carbocycles. The predicted molar refractivity (Wildman–Crippen MR) is 68.2 cm³/mol. The lowest BCUT2D eigenvalue weighted by Gasteiger charge is -2.04. The van der Waals surface area contributed by atoms with Gasteiger partial charge < -0.3 is 5.73 Å². The quantitative estimate of drug-likeness (QED) is 0.908. The number of nitrogens with two attached hydrogens (primary N) is 1. The van der Waals surface area contributed by atoms with Crippen LogP contribution in [0.4, 0.5) is 0 Å². The van der Waals surface area contributed by atoms with Crippen LogP contribution in [0, 0.1) is 0 Å². The van der Waals surface area contributed by atoms with Crippen molar-refractivity contribution in [3.8, 4) is 11.1 Å². The number of nitrogens with zero attached hydrogens (tertiary/aromatic N) is 1. The number of carbonyl (C=O) groups excluding carboxylic acids is 1. The molecule has 0 saturated heterocycles. The standard InChI is InChI=1S/C12H8Cl2N2O/c13-10-2-7(3-11(14)4-10)8-1-9(12(15)17)6-16-5-8/h1-6H,(H2,15,17). The number of pyridine rings is 1. The Labute approximate surface area is 108 Å². The molecule has 1 heterocycles. The molecule has 86 valence electrons. The van der Waals surface area contributed by atoms with Gasteiger partial charge in [0.05, 0.1) is 5.56 Å². The number of rotatable bonds is 2. The fraction of sp³-hybridized carbons (Fsp3) is 0. The first-order valence-electron chi connectivity index (χ1n) is 4.77. The summed E-state index contributed by atoms with van der Waals surface area (Å²) >= 11 is 11.8. The molecule has 1 aromatic carbocycles. The molecule has 0 bridgehead atoms. The molecule has 2 aromatic rings. The van der Waals surface area contributed by atoms with Gasteiger partial charge in [-0.3, -0.25) is 9.78 Å². The third-order valence-corrected chi connectivity index (χ3v) is 2.66. The van der Waals surface area contributed by atoms with Crippen molar-refractivity contribution in [2.45, 2.75) is 0 Å². The molecule has 0 unspecified atom stereocenters. The summed E-state index contributed by atoms with van der Waals surface area (Å²) in [7, 11) is 0. The molecule has 5 heteroatoms. The Hall–Kier alpha value is -1.58. The zero-order valence-corrected chi connectivity index (χ0v) is 10.2. The number of hydrogen-bond donors (Lipinski definition) is 1. The van der Waals surface area contributed by atoms with Crippen LogP contribution < -0.4 is 5.73 Å². The minimum Gasteiger partial charge on any atom is -0.366 e. The molecule has 2 N–H and O–H groups in total. The van der Waals surface area contributed by atoms with Crippen molar-refractivity contribution in [1.29, 1.82) is 0 Å². The lowest BCUT2D eigenvalue weighted by Crippen LogP contribution is -2.11. The summed E-state index contributed by atoms with van der Waals surface area (Å²) in [4.78, 5) is 15.0. The maximum Gasteiger partial charge on any atom is 0.250 e. The molecule has 0 spiro atoms. The molecule has 1 amide bonds. The van der Waals surface area contributed by atoms with Crippen LogP contribution in [-0.2, 0) is 0 Å². The fourth-order valence-corrected chi connectivity index (χ4v) is 1.98. The minimum absolute atomic E-state index is 0.346. The van der Waals surface area contributed by atoms with Crippen molar-refractivity contribution in [1.82, 2.24) is 4.98 Å². The first-order valence-corrected chi connectivity index (χ1v) is 5.53. The van der Waals surface area contributed by atoms with E-state index < -0.39 is 5.91 Å². The maximum atomic E-state index is 11.0. The number of aromatic nitrogens is 1. The van der Waals surface area contributed by atoms with Crippen molar-refractivity contribution < 1.29 is 4.79 Å². The number of hydrogen-bond acceptors (Lipinski definition) is 2. The van der Waals surface area contributed by atoms with E-state index in [2.05, 4.69) is 4.98 Å². The monoisotopic (exact) mass is 266 g/mol. The van der Waals surface area contributed by atoms with E-state index in [1.807, 2.05) is 0 Å². The highest BCUT2D eigenvalue weighted by Gasteiger charge is 2.05. The summed E-state index contributed by atoms with van der Waals surface area (Å²) in [5.74, 6) is -0.521. The van der Waals surface area contributed by atoms with E-state index in [0.29, 0.717) is 15.6 Å². The van der Waals surface area contributed by atoms with Crippen LogP contribution in [0.2, 0.25) is 10.0 Å². The van der Waals surface area contributed by atoms with Gasteiger partial charge in [0, 0.05) is 28.0 Å². The summed E-state index contributed by atoms with van der Waals surface area (Å²) in [6.45, 7) is 0. The number of halogens is 2. The Kier molecular flexibility index (Phi) is 3.31. The molecule has 17 heavy (non-hydrogen) atoms. The summed E-state index contributed by atoms with van der Waals surface area (Å²) in [6.07, 6.45) is 3.03. The predicted octanol–water partition coefficient (Wildman–Crippen LogP) is 3.15. The van der Waals surface area contributed by atoms with Crippen molar-refractivity contribution >= 4 is 29.1 Å². The number of primary amides is 1. The van der Waals surface area contributed by atoms with Gasteiger partial charge in [-0.25, -0.2) is 0 Å². The Balaban J connectivity index is 2.52. The van der Waals surface area contributed by atoms with Gasteiger partial charge in [-0.2, -0.15) is 0 Å². The van der Waals surface area contributed by atoms with E-state index in [-0.39, 0.29) is 0 Å². The average Bonchev–Trinajstić information content (AvgIpc) is 2.28. The van der Waals surface area contributed by atoms with E-state index in [1.54, 1.807) is 30.5 Å². The summed E-state index contributed by atoms with van der Waals surface area (Å²) < 4.78 is 0. The summed E-state index contributed by atoms with van der Waals surface area (Å²) in [5.41, 5.74) is 7.07. The van der Waals surface area contributed by atoms with E-state index in [9.17, 15) is 4.79 Å². The Morgan fingerprint density at radius 2 is 1.65 bits per heavy atom. The molecule has 0 aliphatic heterocycles. The molecule has 0 aliphatic rings. The number of amides is 1. The highest BCUT2D eigenvalue weighted by Crippen LogP contribution is 2.27. The van der Waals surface area contributed by atoms with Crippen LogP contribution >= 0.6 is 23.2 Å². The summed E-state index contributed by atoms with van der Waals surface area (Å²) in [6, 6.07) is 6.78. The molecule has 2 rings (SSSR count). The third kappa shape index (κ3) is 2.75. The smallest absolute Gasteiger partial charge is 0.250 e. The van der Waals surface area contributed by atoms with Gasteiger partial charge in [-0.05, 0) is 29.8 Å². The van der Waals surface area contributed by atoms with Gasteiger partial charge in [0.2, 0.25) is 5.91 Å². The van der Waals surface area contributed by atoms with Gasteiger partial charge in [0.25, 0.3) is 0 Å². The third-order valence-electron chi connectivity index (χ3n) is 2.22. The fourth-order valence-electron chi connectivity index (χ4n) is 1.45. The van der Waals surface area contributed by atoms with Crippen molar-refractivity contribution in [3.05, 3.63) is 52.3 Å². The highest BCUT2D eigenvalue weighted by molar-refractivity contribution is 6.35. The van der Waals surface area contributed by atoms with Crippen LogP contribution in [0.15, 0.2) is 36.7 Å². The van der Waals surface area contributed by atoms with Gasteiger partial charge >= 0.3 is 0 Å². The molecular formula is C12H8Cl2N2O.